The molecule has 0 unspecified atom stereocenters. The van der Waals surface area contributed by atoms with E-state index in [-0.39, 0.29) is 11.7 Å². The highest BCUT2D eigenvalue weighted by molar-refractivity contribution is 5.89. The maximum Gasteiger partial charge on any atom is 0.322 e. The Labute approximate surface area is 163 Å². The number of hydrogen-bond acceptors (Lipinski definition) is 3. The maximum absolute atomic E-state index is 13.9. The van der Waals surface area contributed by atoms with Crippen LogP contribution < -0.4 is 10.1 Å². The highest BCUT2D eigenvalue weighted by Crippen LogP contribution is 2.16. The van der Waals surface area contributed by atoms with Crippen molar-refractivity contribution in [1.82, 2.24) is 9.88 Å². The minimum Gasteiger partial charge on any atom is -0.497 e. The third-order valence-electron chi connectivity index (χ3n) is 4.30. The summed E-state index contributed by atoms with van der Waals surface area (Å²) >= 11 is 0. The van der Waals surface area contributed by atoms with Crippen molar-refractivity contribution in [3.8, 4) is 5.75 Å². The zero-order chi connectivity index (χ0) is 19.8. The van der Waals surface area contributed by atoms with Crippen molar-refractivity contribution in [1.29, 1.82) is 0 Å². The molecule has 0 saturated carbocycles. The van der Waals surface area contributed by atoms with Gasteiger partial charge < -0.3 is 15.0 Å². The number of nitrogens with one attached hydrogen (secondary N) is 1. The summed E-state index contributed by atoms with van der Waals surface area (Å²) in [5, 5.41) is 2.66. The van der Waals surface area contributed by atoms with Gasteiger partial charge in [0.25, 0.3) is 0 Å². The SMILES string of the molecule is COc1ccc(CN(CCc2ccccn2)C(=O)Nc2ccccc2F)cc1. The van der Waals surface area contributed by atoms with E-state index >= 15 is 0 Å². The van der Waals surface area contributed by atoms with Crippen LogP contribution >= 0.6 is 0 Å². The van der Waals surface area contributed by atoms with Gasteiger partial charge in [-0.25, -0.2) is 9.18 Å². The molecule has 0 atom stereocenters. The summed E-state index contributed by atoms with van der Waals surface area (Å²) in [6.45, 7) is 0.834. The Morgan fingerprint density at radius 2 is 1.82 bits per heavy atom. The van der Waals surface area contributed by atoms with Gasteiger partial charge >= 0.3 is 6.03 Å². The van der Waals surface area contributed by atoms with Crippen molar-refractivity contribution in [2.24, 2.45) is 0 Å². The standard InChI is InChI=1S/C22H22FN3O2/c1-28-19-11-9-17(10-12-19)16-26(15-13-18-6-4-5-14-24-18)22(27)25-21-8-3-2-7-20(21)23/h2-12,14H,13,15-16H2,1H3,(H,25,27). The normalized spacial score (nSPS) is 10.4. The molecule has 0 spiro atoms. The van der Waals surface area contributed by atoms with Crippen molar-refractivity contribution in [3.63, 3.8) is 0 Å². The Bertz CT molecular complexity index is 901. The van der Waals surface area contributed by atoms with E-state index in [1.54, 1.807) is 30.3 Å². The van der Waals surface area contributed by atoms with Crippen molar-refractivity contribution in [2.45, 2.75) is 13.0 Å². The number of carbonyl (C=O) groups is 1. The highest BCUT2D eigenvalue weighted by Gasteiger charge is 2.16. The molecule has 0 saturated heterocycles. The van der Waals surface area contributed by atoms with Gasteiger partial charge in [-0.1, -0.05) is 30.3 Å². The predicted molar refractivity (Wildman–Crippen MR) is 107 cm³/mol. The molecule has 0 aliphatic heterocycles. The molecule has 3 aromatic rings. The molecule has 28 heavy (non-hydrogen) atoms. The molecule has 2 amide bonds. The second-order valence-electron chi connectivity index (χ2n) is 6.25. The minimum absolute atomic E-state index is 0.157. The number of nitrogens with zero attached hydrogens (tertiary/aromatic N) is 2. The van der Waals surface area contributed by atoms with Crippen molar-refractivity contribution in [3.05, 3.63) is 90.0 Å². The number of halogens is 1. The van der Waals surface area contributed by atoms with Crippen LogP contribution in [0.5, 0.6) is 5.75 Å². The Hall–Kier alpha value is -3.41. The molecular weight excluding hydrogens is 357 g/mol. The van der Waals surface area contributed by atoms with E-state index in [1.807, 2.05) is 42.5 Å². The number of aromatic nitrogens is 1. The number of methoxy groups -OCH3 is 1. The molecule has 0 aliphatic rings. The van der Waals surface area contributed by atoms with Crippen LogP contribution in [0.4, 0.5) is 14.9 Å². The number of benzene rings is 2. The lowest BCUT2D eigenvalue weighted by molar-refractivity contribution is 0.209. The van der Waals surface area contributed by atoms with Crippen molar-refractivity contribution in [2.75, 3.05) is 19.0 Å². The topological polar surface area (TPSA) is 54.5 Å². The third kappa shape index (κ3) is 5.30. The summed E-state index contributed by atoms with van der Waals surface area (Å²) in [4.78, 5) is 18.8. The second kappa shape index (κ2) is 9.50. The molecule has 1 heterocycles. The van der Waals surface area contributed by atoms with E-state index in [1.165, 1.54) is 12.1 Å². The number of hydrogen-bond donors (Lipinski definition) is 1. The first kappa shape index (κ1) is 19.4. The van der Waals surface area contributed by atoms with E-state index in [0.717, 1.165) is 17.0 Å². The number of para-hydroxylation sites is 1. The molecular formula is C22H22FN3O2. The summed E-state index contributed by atoms with van der Waals surface area (Å²) in [6, 6.07) is 18.9. The highest BCUT2D eigenvalue weighted by atomic mass is 19.1. The Morgan fingerprint density at radius 1 is 1.07 bits per heavy atom. The smallest absolute Gasteiger partial charge is 0.322 e. The molecule has 2 aromatic carbocycles. The van der Waals surface area contributed by atoms with Gasteiger partial charge in [-0.15, -0.1) is 0 Å². The summed E-state index contributed by atoms with van der Waals surface area (Å²) in [5.74, 6) is 0.282. The van der Waals surface area contributed by atoms with E-state index in [0.29, 0.717) is 19.5 Å². The van der Waals surface area contributed by atoms with Crippen LogP contribution in [0.25, 0.3) is 0 Å². The molecule has 0 aliphatic carbocycles. The fraction of sp³-hybridized carbons (Fsp3) is 0.182. The molecule has 5 nitrogen and oxygen atoms in total. The zero-order valence-electron chi connectivity index (χ0n) is 15.6. The number of carbonyl (C=O) groups excluding carboxylic acids is 1. The average Bonchev–Trinajstić information content (AvgIpc) is 2.74. The lowest BCUT2D eigenvalue weighted by atomic mass is 10.2. The predicted octanol–water partition coefficient (Wildman–Crippen LogP) is 4.51. The number of amides is 2. The molecule has 1 aromatic heterocycles. The summed E-state index contributed by atoms with van der Waals surface area (Å²) in [7, 11) is 1.61. The molecule has 144 valence electrons. The Morgan fingerprint density at radius 3 is 2.50 bits per heavy atom. The van der Waals surface area contributed by atoms with Crippen LogP contribution in [0.15, 0.2) is 72.9 Å². The van der Waals surface area contributed by atoms with Crippen LogP contribution in [0, 0.1) is 5.82 Å². The second-order valence-corrected chi connectivity index (χ2v) is 6.25. The fourth-order valence-electron chi connectivity index (χ4n) is 2.76. The number of anilines is 1. The zero-order valence-corrected chi connectivity index (χ0v) is 15.6. The van der Waals surface area contributed by atoms with E-state index in [4.69, 9.17) is 4.74 Å². The van der Waals surface area contributed by atoms with Crippen LogP contribution in [0.1, 0.15) is 11.3 Å². The van der Waals surface area contributed by atoms with E-state index in [2.05, 4.69) is 10.3 Å². The van der Waals surface area contributed by atoms with Crippen LogP contribution in [0.3, 0.4) is 0 Å². The molecule has 1 N–H and O–H groups in total. The fourth-order valence-corrected chi connectivity index (χ4v) is 2.76. The van der Waals surface area contributed by atoms with Crippen molar-refractivity contribution >= 4 is 11.7 Å². The van der Waals surface area contributed by atoms with Gasteiger partial charge in [0.1, 0.15) is 11.6 Å². The summed E-state index contributed by atoms with van der Waals surface area (Å²) in [5.41, 5.74) is 2.00. The number of ether oxygens (including phenoxy) is 1. The molecule has 0 radical (unpaired) electrons. The van der Waals surface area contributed by atoms with Gasteiger partial charge in [-0.2, -0.15) is 0 Å². The van der Waals surface area contributed by atoms with Gasteiger partial charge in [0, 0.05) is 31.4 Å². The van der Waals surface area contributed by atoms with E-state index in [9.17, 15) is 9.18 Å². The van der Waals surface area contributed by atoms with Crippen LogP contribution in [-0.2, 0) is 13.0 Å². The van der Waals surface area contributed by atoms with Gasteiger partial charge in [0.05, 0.1) is 12.8 Å². The summed E-state index contributed by atoms with van der Waals surface area (Å²) < 4.78 is 19.1. The first-order valence-corrected chi connectivity index (χ1v) is 8.99. The van der Waals surface area contributed by atoms with Gasteiger partial charge in [-0.3, -0.25) is 4.98 Å². The van der Waals surface area contributed by atoms with Crippen LogP contribution in [-0.4, -0.2) is 29.6 Å². The number of rotatable bonds is 7. The molecule has 0 fully saturated rings. The lowest BCUT2D eigenvalue weighted by Crippen LogP contribution is -2.36. The average molecular weight is 379 g/mol. The van der Waals surface area contributed by atoms with Crippen LogP contribution in [0.2, 0.25) is 0 Å². The monoisotopic (exact) mass is 379 g/mol. The number of urea groups is 1. The molecule has 0 bridgehead atoms. The Kier molecular flexibility index (Phi) is 6.57. The van der Waals surface area contributed by atoms with E-state index < -0.39 is 5.82 Å². The van der Waals surface area contributed by atoms with Crippen molar-refractivity contribution < 1.29 is 13.9 Å². The Balaban J connectivity index is 1.74. The van der Waals surface area contributed by atoms with Gasteiger partial charge in [0.15, 0.2) is 0 Å². The van der Waals surface area contributed by atoms with Gasteiger partial charge in [0.2, 0.25) is 0 Å². The first-order valence-electron chi connectivity index (χ1n) is 8.99. The molecule has 6 heteroatoms. The quantitative estimate of drug-likeness (QED) is 0.657. The number of pyridine rings is 1. The minimum atomic E-state index is -0.468. The summed E-state index contributed by atoms with van der Waals surface area (Å²) in [6.07, 6.45) is 2.32. The molecule has 3 rings (SSSR count). The largest absolute Gasteiger partial charge is 0.497 e. The third-order valence-corrected chi connectivity index (χ3v) is 4.30. The lowest BCUT2D eigenvalue weighted by Gasteiger charge is -2.23. The van der Waals surface area contributed by atoms with Gasteiger partial charge in [-0.05, 0) is 42.0 Å². The first-order chi connectivity index (χ1) is 13.7. The maximum atomic E-state index is 13.9.